The number of nitrogens with one attached hydrogen (secondary N) is 2. The van der Waals surface area contributed by atoms with Crippen LogP contribution in [-0.2, 0) is 20.8 Å². The van der Waals surface area contributed by atoms with Gasteiger partial charge in [0.05, 0.1) is 6.04 Å². The summed E-state index contributed by atoms with van der Waals surface area (Å²) in [7, 11) is 0. The summed E-state index contributed by atoms with van der Waals surface area (Å²) in [5, 5.41) is 24.0. The summed E-state index contributed by atoms with van der Waals surface area (Å²) in [6, 6.07) is 3.02. The second kappa shape index (κ2) is 14.6. The quantitative estimate of drug-likeness (QED) is 0.0853. The lowest BCUT2D eigenvalue weighted by molar-refractivity contribution is -0.142. The van der Waals surface area contributed by atoms with E-state index in [-0.39, 0.29) is 31.0 Å². The maximum Gasteiger partial charge on any atom is 0.326 e. The summed E-state index contributed by atoms with van der Waals surface area (Å²) in [5.74, 6) is -2.39. The second-order valence-electron chi connectivity index (χ2n) is 7.67. The first-order valence-electron chi connectivity index (χ1n) is 10.8. The molecule has 0 spiro atoms. The molecule has 1 rings (SSSR count). The molecule has 0 saturated carbocycles. The molecule has 184 valence electrons. The van der Waals surface area contributed by atoms with Crippen LogP contribution in [-0.4, -0.2) is 65.2 Å². The number of benzene rings is 1. The van der Waals surface area contributed by atoms with Crippen LogP contribution in [0.2, 0.25) is 0 Å². The third kappa shape index (κ3) is 11.2. The molecule has 2 amide bonds. The monoisotopic (exact) mass is 465 g/mol. The van der Waals surface area contributed by atoms with Gasteiger partial charge in [0, 0.05) is 13.0 Å². The molecule has 0 aliphatic rings. The lowest BCUT2D eigenvalue weighted by atomic mass is 10.0. The van der Waals surface area contributed by atoms with Crippen LogP contribution in [0.5, 0.6) is 5.75 Å². The number of guanidine groups is 1. The second-order valence-corrected chi connectivity index (χ2v) is 7.67. The van der Waals surface area contributed by atoms with E-state index < -0.39 is 35.9 Å². The maximum absolute atomic E-state index is 12.9. The number of rotatable bonds is 15. The number of phenols is 1. The molecular weight excluding hydrogens is 430 g/mol. The lowest BCUT2D eigenvalue weighted by Crippen LogP contribution is -2.55. The largest absolute Gasteiger partial charge is 0.508 e. The molecule has 0 aromatic heterocycles. The molecule has 0 aliphatic carbocycles. The van der Waals surface area contributed by atoms with Crippen LogP contribution in [0, 0.1) is 0 Å². The lowest BCUT2D eigenvalue weighted by Gasteiger charge is -2.23. The number of carboxylic acids is 1. The number of carbonyl (C=O) groups is 3. The average molecular weight is 466 g/mol. The Labute approximate surface area is 192 Å². The van der Waals surface area contributed by atoms with Crippen molar-refractivity contribution in [1.29, 1.82) is 0 Å². The Morgan fingerprint density at radius 3 is 2.15 bits per heavy atom. The molecule has 3 atom stereocenters. The van der Waals surface area contributed by atoms with Crippen molar-refractivity contribution >= 4 is 23.7 Å². The van der Waals surface area contributed by atoms with Crippen LogP contribution >= 0.6 is 0 Å². The SMILES string of the molecule is NCCCC[C@H](NC(=O)[C@H](Cc1ccc(O)cc1)NC(=O)[C@H](N)CCCN=C(N)N)C(=O)O. The van der Waals surface area contributed by atoms with Gasteiger partial charge in [-0.2, -0.15) is 0 Å². The van der Waals surface area contributed by atoms with Gasteiger partial charge in [0.1, 0.15) is 17.8 Å². The van der Waals surface area contributed by atoms with E-state index in [1.165, 1.54) is 12.1 Å². The summed E-state index contributed by atoms with van der Waals surface area (Å²) in [4.78, 5) is 40.9. The number of hydrogen-bond donors (Lipinski definition) is 8. The fraction of sp³-hybridized carbons (Fsp3) is 0.524. The normalized spacial score (nSPS) is 13.4. The van der Waals surface area contributed by atoms with Crippen molar-refractivity contribution in [2.24, 2.45) is 27.9 Å². The number of carbonyl (C=O) groups excluding carboxylic acids is 2. The Bertz CT molecular complexity index is 797. The highest BCUT2D eigenvalue weighted by molar-refractivity contribution is 5.92. The topological polar surface area (TPSA) is 232 Å². The molecular formula is C21H35N7O5. The number of aliphatic carboxylic acids is 1. The van der Waals surface area contributed by atoms with Crippen molar-refractivity contribution in [2.75, 3.05) is 13.1 Å². The van der Waals surface area contributed by atoms with Crippen LogP contribution in [0.1, 0.15) is 37.7 Å². The number of phenolic OH excluding ortho intramolecular Hbond substituents is 1. The van der Waals surface area contributed by atoms with Gasteiger partial charge in [0.2, 0.25) is 11.8 Å². The average Bonchev–Trinajstić information content (AvgIpc) is 2.76. The number of hydrogen-bond acceptors (Lipinski definition) is 7. The van der Waals surface area contributed by atoms with E-state index in [0.717, 1.165) is 0 Å². The summed E-state index contributed by atoms with van der Waals surface area (Å²) >= 11 is 0. The van der Waals surface area contributed by atoms with Crippen LogP contribution in [0.4, 0.5) is 0 Å². The molecule has 0 bridgehead atoms. The minimum Gasteiger partial charge on any atom is -0.508 e. The number of unbranched alkanes of at least 4 members (excludes halogenated alkanes) is 1. The zero-order valence-corrected chi connectivity index (χ0v) is 18.6. The Kier molecular flexibility index (Phi) is 12.3. The van der Waals surface area contributed by atoms with Crippen molar-refractivity contribution in [3.63, 3.8) is 0 Å². The van der Waals surface area contributed by atoms with Crippen LogP contribution < -0.4 is 33.6 Å². The highest BCUT2D eigenvalue weighted by atomic mass is 16.4. The predicted molar refractivity (Wildman–Crippen MR) is 124 cm³/mol. The van der Waals surface area contributed by atoms with Gasteiger partial charge in [-0.25, -0.2) is 4.79 Å². The first kappa shape index (κ1) is 27.7. The van der Waals surface area contributed by atoms with Crippen LogP contribution in [0.3, 0.4) is 0 Å². The molecule has 1 aromatic rings. The Balaban J connectivity index is 2.87. The molecule has 0 unspecified atom stereocenters. The molecule has 0 radical (unpaired) electrons. The summed E-state index contributed by atoms with van der Waals surface area (Å²) in [6.07, 6.45) is 2.19. The molecule has 0 fully saturated rings. The third-order valence-corrected chi connectivity index (χ3v) is 4.88. The molecule has 12 heteroatoms. The smallest absolute Gasteiger partial charge is 0.326 e. The van der Waals surface area contributed by atoms with Gasteiger partial charge in [-0.15, -0.1) is 0 Å². The fourth-order valence-electron chi connectivity index (χ4n) is 3.03. The third-order valence-electron chi connectivity index (χ3n) is 4.88. The fourth-order valence-corrected chi connectivity index (χ4v) is 3.03. The van der Waals surface area contributed by atoms with Crippen LogP contribution in [0.25, 0.3) is 0 Å². The predicted octanol–water partition coefficient (Wildman–Crippen LogP) is -1.50. The number of nitrogens with zero attached hydrogens (tertiary/aromatic N) is 1. The van der Waals surface area contributed by atoms with Gasteiger partial charge in [-0.1, -0.05) is 12.1 Å². The minimum absolute atomic E-state index is 0.0532. The highest BCUT2D eigenvalue weighted by Gasteiger charge is 2.28. The molecule has 0 heterocycles. The van der Waals surface area contributed by atoms with Gasteiger partial charge in [0.15, 0.2) is 5.96 Å². The van der Waals surface area contributed by atoms with Crippen molar-refractivity contribution in [3.8, 4) is 5.75 Å². The minimum atomic E-state index is -1.17. The molecule has 12 N–H and O–H groups in total. The van der Waals surface area contributed by atoms with Gasteiger partial charge in [-0.3, -0.25) is 14.6 Å². The van der Waals surface area contributed by atoms with Crippen LogP contribution in [0.15, 0.2) is 29.3 Å². The van der Waals surface area contributed by atoms with Gasteiger partial charge in [0.25, 0.3) is 0 Å². The van der Waals surface area contributed by atoms with Crippen molar-refractivity contribution < 1.29 is 24.6 Å². The summed E-state index contributed by atoms with van der Waals surface area (Å²) in [5.41, 5.74) is 22.6. The van der Waals surface area contributed by atoms with Gasteiger partial charge < -0.3 is 43.8 Å². The molecule has 12 nitrogen and oxygen atoms in total. The van der Waals surface area contributed by atoms with E-state index in [4.69, 9.17) is 22.9 Å². The number of amides is 2. The van der Waals surface area contributed by atoms with Gasteiger partial charge >= 0.3 is 5.97 Å². The standard InChI is InChI=1S/C21H35N7O5/c22-10-2-1-5-16(20(32)33)27-19(31)17(12-13-6-8-14(29)9-7-13)28-18(30)15(23)4-3-11-26-21(24)25/h6-9,15-17,29H,1-5,10-12,22-23H2,(H,27,31)(H,28,30)(H,32,33)(H4,24,25,26)/t15-,16+,17+/m1/s1. The van der Waals surface area contributed by atoms with Gasteiger partial charge in [-0.05, 0) is 56.3 Å². The van der Waals surface area contributed by atoms with E-state index in [1.807, 2.05) is 0 Å². The number of aromatic hydroxyl groups is 1. The molecule has 33 heavy (non-hydrogen) atoms. The molecule has 0 aliphatic heterocycles. The molecule has 0 saturated heterocycles. The van der Waals surface area contributed by atoms with E-state index in [0.29, 0.717) is 37.9 Å². The Hall–Kier alpha value is -3.38. The molecule has 1 aromatic carbocycles. The zero-order valence-electron chi connectivity index (χ0n) is 18.6. The van der Waals surface area contributed by atoms with E-state index >= 15 is 0 Å². The number of aliphatic imine (C=N–C) groups is 1. The first-order valence-corrected chi connectivity index (χ1v) is 10.8. The highest BCUT2D eigenvalue weighted by Crippen LogP contribution is 2.12. The van der Waals surface area contributed by atoms with Crippen molar-refractivity contribution in [2.45, 2.75) is 56.7 Å². The number of nitrogens with two attached hydrogens (primary N) is 4. The summed E-state index contributed by atoms with van der Waals surface area (Å²) < 4.78 is 0. The zero-order chi connectivity index (χ0) is 24.8. The van der Waals surface area contributed by atoms with Crippen molar-refractivity contribution in [1.82, 2.24) is 10.6 Å². The maximum atomic E-state index is 12.9. The van der Waals surface area contributed by atoms with Crippen molar-refractivity contribution in [3.05, 3.63) is 29.8 Å². The van der Waals surface area contributed by atoms with E-state index in [9.17, 15) is 24.6 Å². The van der Waals surface area contributed by atoms with E-state index in [1.54, 1.807) is 12.1 Å². The Morgan fingerprint density at radius 2 is 1.58 bits per heavy atom. The Morgan fingerprint density at radius 1 is 0.939 bits per heavy atom. The number of carboxylic acid groups (broad SMARTS) is 1. The van der Waals surface area contributed by atoms with E-state index in [2.05, 4.69) is 15.6 Å². The first-order chi connectivity index (χ1) is 15.6. The summed E-state index contributed by atoms with van der Waals surface area (Å²) in [6.45, 7) is 0.727.